The van der Waals surface area contributed by atoms with E-state index in [0.29, 0.717) is 29.7 Å². The second-order valence-corrected chi connectivity index (χ2v) is 7.21. The van der Waals surface area contributed by atoms with Crippen LogP contribution in [0.25, 0.3) is 10.9 Å². The van der Waals surface area contributed by atoms with Gasteiger partial charge in [-0.2, -0.15) is 0 Å². The minimum absolute atomic E-state index is 0.0294. The second kappa shape index (κ2) is 7.59. The molecule has 0 radical (unpaired) electrons. The van der Waals surface area contributed by atoms with Gasteiger partial charge in [-0.25, -0.2) is 4.98 Å². The fourth-order valence-electron chi connectivity index (χ4n) is 3.86. The van der Waals surface area contributed by atoms with Crippen LogP contribution in [-0.2, 0) is 16.1 Å². The van der Waals surface area contributed by atoms with E-state index >= 15 is 0 Å². The highest BCUT2D eigenvalue weighted by Gasteiger charge is 2.25. The summed E-state index contributed by atoms with van der Waals surface area (Å²) in [6, 6.07) is 4.70. The van der Waals surface area contributed by atoms with Gasteiger partial charge in [0, 0.05) is 6.42 Å². The van der Waals surface area contributed by atoms with E-state index in [1.54, 1.807) is 18.2 Å². The van der Waals surface area contributed by atoms with Gasteiger partial charge in [-0.1, -0.05) is 6.42 Å². The van der Waals surface area contributed by atoms with E-state index in [4.69, 9.17) is 10.5 Å². The van der Waals surface area contributed by atoms with Gasteiger partial charge in [-0.3, -0.25) is 29.2 Å². The number of aromatic nitrogens is 2. The third kappa shape index (κ3) is 3.57. The van der Waals surface area contributed by atoms with Crippen molar-refractivity contribution in [2.75, 3.05) is 25.0 Å². The first-order valence-corrected chi connectivity index (χ1v) is 9.53. The lowest BCUT2D eigenvalue weighted by Gasteiger charge is -2.32. The molecule has 0 aliphatic carbocycles. The number of rotatable bonds is 6. The molecule has 1 atom stereocenters. The van der Waals surface area contributed by atoms with Crippen LogP contribution in [0.2, 0.25) is 0 Å². The molecular formula is C19H23N5O4. The van der Waals surface area contributed by atoms with Crippen LogP contribution in [0.4, 0.5) is 5.95 Å². The molecule has 1 fully saturated rings. The SMILES string of the molecule is NC(=O)C(CCOc1ccc2nc3n(c(=O)c2c1)CC(=O)N3)N1CCCCC1. The van der Waals surface area contributed by atoms with E-state index in [-0.39, 0.29) is 35.9 Å². The van der Waals surface area contributed by atoms with Crippen LogP contribution in [-0.4, -0.2) is 52.0 Å². The molecule has 1 saturated heterocycles. The largest absolute Gasteiger partial charge is 0.493 e. The Balaban J connectivity index is 1.47. The third-order valence-corrected chi connectivity index (χ3v) is 5.30. The Hall–Kier alpha value is -2.94. The molecule has 9 heteroatoms. The van der Waals surface area contributed by atoms with Crippen LogP contribution in [0.5, 0.6) is 5.75 Å². The van der Waals surface area contributed by atoms with Crippen molar-refractivity contribution in [1.82, 2.24) is 14.5 Å². The molecular weight excluding hydrogens is 362 g/mol. The first kappa shape index (κ1) is 18.4. The van der Waals surface area contributed by atoms with Crippen molar-refractivity contribution in [3.8, 4) is 5.75 Å². The molecule has 2 amide bonds. The molecule has 9 nitrogen and oxygen atoms in total. The minimum Gasteiger partial charge on any atom is -0.493 e. The molecule has 3 N–H and O–H groups in total. The predicted molar refractivity (Wildman–Crippen MR) is 103 cm³/mol. The number of hydrogen-bond acceptors (Lipinski definition) is 6. The number of anilines is 1. The highest BCUT2D eigenvalue weighted by atomic mass is 16.5. The molecule has 1 unspecified atom stereocenters. The average molecular weight is 385 g/mol. The number of nitrogens with two attached hydrogens (primary N) is 1. The smallest absolute Gasteiger partial charge is 0.263 e. The van der Waals surface area contributed by atoms with Gasteiger partial charge in [0.1, 0.15) is 12.3 Å². The molecule has 0 bridgehead atoms. The van der Waals surface area contributed by atoms with Crippen LogP contribution in [0.3, 0.4) is 0 Å². The Kier molecular flexibility index (Phi) is 4.99. The molecule has 2 aliphatic rings. The van der Waals surface area contributed by atoms with Crippen LogP contribution in [0.1, 0.15) is 25.7 Å². The van der Waals surface area contributed by atoms with Crippen molar-refractivity contribution in [3.63, 3.8) is 0 Å². The summed E-state index contributed by atoms with van der Waals surface area (Å²) in [7, 11) is 0. The Morgan fingerprint density at radius 1 is 1.25 bits per heavy atom. The average Bonchev–Trinajstić information content (AvgIpc) is 3.06. The van der Waals surface area contributed by atoms with E-state index in [2.05, 4.69) is 15.2 Å². The maximum Gasteiger partial charge on any atom is 0.263 e. The van der Waals surface area contributed by atoms with Gasteiger partial charge in [-0.05, 0) is 44.1 Å². The Labute approximate surface area is 161 Å². The number of benzene rings is 1. The van der Waals surface area contributed by atoms with Crippen molar-refractivity contribution in [2.24, 2.45) is 5.73 Å². The highest BCUT2D eigenvalue weighted by Crippen LogP contribution is 2.21. The van der Waals surface area contributed by atoms with Gasteiger partial charge < -0.3 is 10.5 Å². The van der Waals surface area contributed by atoms with Gasteiger partial charge >= 0.3 is 0 Å². The van der Waals surface area contributed by atoms with Gasteiger partial charge in [0.2, 0.25) is 17.8 Å². The van der Waals surface area contributed by atoms with Crippen molar-refractivity contribution in [1.29, 1.82) is 0 Å². The molecule has 4 rings (SSSR count). The molecule has 148 valence electrons. The van der Waals surface area contributed by atoms with Crippen molar-refractivity contribution >= 4 is 28.7 Å². The van der Waals surface area contributed by atoms with Gasteiger partial charge in [-0.15, -0.1) is 0 Å². The highest BCUT2D eigenvalue weighted by molar-refractivity contribution is 5.94. The standard InChI is InChI=1S/C19H23N5O4/c20-17(26)15(23-7-2-1-3-8-23)6-9-28-12-4-5-14-13(10-12)18(27)24-11-16(25)22-19(24)21-14/h4-5,10,15H,1-3,6-9,11H2,(H2,20,26)(H,21,22,25). The van der Waals surface area contributed by atoms with Gasteiger partial charge in [0.05, 0.1) is 23.6 Å². The monoisotopic (exact) mass is 385 g/mol. The Morgan fingerprint density at radius 3 is 2.79 bits per heavy atom. The first-order valence-electron chi connectivity index (χ1n) is 9.53. The molecule has 1 aromatic carbocycles. The van der Waals surface area contributed by atoms with E-state index < -0.39 is 0 Å². The van der Waals surface area contributed by atoms with Crippen molar-refractivity contribution in [2.45, 2.75) is 38.3 Å². The van der Waals surface area contributed by atoms with E-state index in [9.17, 15) is 14.4 Å². The lowest BCUT2D eigenvalue weighted by molar-refractivity contribution is -0.124. The molecule has 2 aromatic rings. The second-order valence-electron chi connectivity index (χ2n) is 7.21. The fourth-order valence-corrected chi connectivity index (χ4v) is 3.86. The van der Waals surface area contributed by atoms with Crippen LogP contribution >= 0.6 is 0 Å². The number of nitrogens with one attached hydrogen (secondary N) is 1. The number of ether oxygens (including phenoxy) is 1. The zero-order valence-corrected chi connectivity index (χ0v) is 15.5. The normalized spacial score (nSPS) is 17.9. The summed E-state index contributed by atoms with van der Waals surface area (Å²) in [5.41, 5.74) is 5.79. The molecule has 2 aliphatic heterocycles. The number of primary amides is 1. The number of amides is 2. The summed E-state index contributed by atoms with van der Waals surface area (Å²) in [5.74, 6) is 0.193. The zero-order valence-electron chi connectivity index (χ0n) is 15.5. The molecule has 1 aromatic heterocycles. The van der Waals surface area contributed by atoms with Gasteiger partial charge in [0.15, 0.2) is 0 Å². The summed E-state index contributed by atoms with van der Waals surface area (Å²) in [6.45, 7) is 2.04. The number of piperidine rings is 1. The van der Waals surface area contributed by atoms with Crippen molar-refractivity contribution in [3.05, 3.63) is 28.6 Å². The van der Waals surface area contributed by atoms with Crippen LogP contribution < -0.4 is 21.3 Å². The number of hydrogen-bond donors (Lipinski definition) is 2. The molecule has 0 spiro atoms. The maximum absolute atomic E-state index is 12.6. The maximum atomic E-state index is 12.6. The summed E-state index contributed by atoms with van der Waals surface area (Å²) in [6.07, 6.45) is 3.83. The number of carbonyl (C=O) groups is 2. The number of carbonyl (C=O) groups excluding carboxylic acids is 2. The number of likely N-dealkylation sites (tertiary alicyclic amines) is 1. The fraction of sp³-hybridized carbons (Fsp3) is 0.474. The third-order valence-electron chi connectivity index (χ3n) is 5.30. The zero-order chi connectivity index (χ0) is 19.7. The van der Waals surface area contributed by atoms with E-state index in [0.717, 1.165) is 25.9 Å². The van der Waals surface area contributed by atoms with Crippen LogP contribution in [0, 0.1) is 0 Å². The molecule has 0 saturated carbocycles. The van der Waals surface area contributed by atoms with Crippen LogP contribution in [0.15, 0.2) is 23.0 Å². The van der Waals surface area contributed by atoms with E-state index in [1.165, 1.54) is 11.0 Å². The summed E-state index contributed by atoms with van der Waals surface area (Å²) >= 11 is 0. The molecule has 28 heavy (non-hydrogen) atoms. The summed E-state index contributed by atoms with van der Waals surface area (Å²) in [4.78, 5) is 42.4. The Morgan fingerprint density at radius 2 is 2.04 bits per heavy atom. The topological polar surface area (TPSA) is 120 Å². The van der Waals surface area contributed by atoms with Gasteiger partial charge in [0.25, 0.3) is 5.56 Å². The molecule has 3 heterocycles. The lowest BCUT2D eigenvalue weighted by Crippen LogP contribution is -2.47. The minimum atomic E-state index is -0.339. The quantitative estimate of drug-likeness (QED) is 0.745. The number of fused-ring (bicyclic) bond motifs is 2. The Bertz CT molecular complexity index is 980. The first-order chi connectivity index (χ1) is 13.5. The van der Waals surface area contributed by atoms with Crippen molar-refractivity contribution < 1.29 is 14.3 Å². The van der Waals surface area contributed by atoms with E-state index in [1.807, 2.05) is 0 Å². The lowest BCUT2D eigenvalue weighted by atomic mass is 10.1. The number of nitrogens with zero attached hydrogens (tertiary/aromatic N) is 3. The summed E-state index contributed by atoms with van der Waals surface area (Å²) in [5, 5.41) is 2.96. The summed E-state index contributed by atoms with van der Waals surface area (Å²) < 4.78 is 7.10. The predicted octanol–water partition coefficient (Wildman–Crippen LogP) is 0.457.